The van der Waals surface area contributed by atoms with E-state index in [1.165, 1.54) is 6.07 Å². The van der Waals surface area contributed by atoms with E-state index >= 15 is 0 Å². The number of nitrogens with zero attached hydrogens (tertiary/aromatic N) is 2. The fourth-order valence-electron chi connectivity index (χ4n) is 3.29. The first-order valence-corrected chi connectivity index (χ1v) is 8.01. The molecule has 0 aromatic heterocycles. The van der Waals surface area contributed by atoms with Crippen LogP contribution >= 0.6 is 0 Å². The van der Waals surface area contributed by atoms with Crippen molar-refractivity contribution in [2.24, 2.45) is 5.92 Å². The summed E-state index contributed by atoms with van der Waals surface area (Å²) < 4.78 is 18.7. The first-order valence-electron chi connectivity index (χ1n) is 8.01. The standard InChI is InChI=1S/C17H23FN2O2/c1-13(14-3-2-4-16(18)11-14)19-6-8-20(9-7-19)17(21)15-5-10-22-12-15/h2-4,11,13,15H,5-10,12H2,1H3/t13-,15+/m1/s1. The molecule has 4 nitrogen and oxygen atoms in total. The Balaban J connectivity index is 1.56. The predicted molar refractivity (Wildman–Crippen MR) is 81.9 cm³/mol. The summed E-state index contributed by atoms with van der Waals surface area (Å²) in [7, 11) is 0. The topological polar surface area (TPSA) is 32.8 Å². The highest BCUT2D eigenvalue weighted by atomic mass is 19.1. The van der Waals surface area contributed by atoms with E-state index in [1.807, 2.05) is 11.0 Å². The van der Waals surface area contributed by atoms with Crippen LogP contribution in [0.5, 0.6) is 0 Å². The minimum Gasteiger partial charge on any atom is -0.381 e. The van der Waals surface area contributed by atoms with Gasteiger partial charge >= 0.3 is 0 Å². The molecule has 2 heterocycles. The van der Waals surface area contributed by atoms with E-state index in [0.29, 0.717) is 13.2 Å². The Morgan fingerprint density at radius 3 is 2.73 bits per heavy atom. The fraction of sp³-hybridized carbons (Fsp3) is 0.588. The van der Waals surface area contributed by atoms with Crippen LogP contribution in [0.1, 0.15) is 24.9 Å². The van der Waals surface area contributed by atoms with Gasteiger partial charge in [0.2, 0.25) is 5.91 Å². The summed E-state index contributed by atoms with van der Waals surface area (Å²) in [5, 5.41) is 0. The summed E-state index contributed by atoms with van der Waals surface area (Å²) in [6, 6.07) is 6.94. The third kappa shape index (κ3) is 3.31. The van der Waals surface area contributed by atoms with Crippen LogP contribution in [-0.4, -0.2) is 55.1 Å². The highest BCUT2D eigenvalue weighted by Crippen LogP contribution is 2.23. The van der Waals surface area contributed by atoms with Gasteiger partial charge in [-0.15, -0.1) is 0 Å². The lowest BCUT2D eigenvalue weighted by Gasteiger charge is -2.39. The first-order chi connectivity index (χ1) is 10.6. The smallest absolute Gasteiger partial charge is 0.228 e. The number of ether oxygens (including phenoxy) is 1. The minimum atomic E-state index is -0.195. The van der Waals surface area contributed by atoms with E-state index in [1.54, 1.807) is 12.1 Å². The molecule has 0 aliphatic carbocycles. The highest BCUT2D eigenvalue weighted by molar-refractivity contribution is 5.79. The number of rotatable bonds is 3. The Kier molecular flexibility index (Phi) is 4.74. The van der Waals surface area contributed by atoms with Crippen LogP contribution in [0.4, 0.5) is 4.39 Å². The van der Waals surface area contributed by atoms with Crippen LogP contribution in [0.3, 0.4) is 0 Å². The molecule has 2 saturated heterocycles. The van der Waals surface area contributed by atoms with Crippen molar-refractivity contribution in [1.82, 2.24) is 9.80 Å². The average molecular weight is 306 g/mol. The summed E-state index contributed by atoms with van der Waals surface area (Å²) >= 11 is 0. The molecule has 0 unspecified atom stereocenters. The molecule has 0 bridgehead atoms. The quantitative estimate of drug-likeness (QED) is 0.857. The van der Waals surface area contributed by atoms with E-state index in [9.17, 15) is 9.18 Å². The van der Waals surface area contributed by atoms with Crippen LogP contribution in [0.15, 0.2) is 24.3 Å². The van der Waals surface area contributed by atoms with Gasteiger partial charge in [0, 0.05) is 38.8 Å². The molecule has 2 atom stereocenters. The number of carbonyl (C=O) groups excluding carboxylic acids is 1. The molecule has 22 heavy (non-hydrogen) atoms. The summed E-state index contributed by atoms with van der Waals surface area (Å²) in [6.07, 6.45) is 0.846. The largest absolute Gasteiger partial charge is 0.381 e. The zero-order valence-corrected chi connectivity index (χ0v) is 13.0. The second kappa shape index (κ2) is 6.75. The van der Waals surface area contributed by atoms with Crippen LogP contribution in [0.2, 0.25) is 0 Å². The maximum absolute atomic E-state index is 13.4. The van der Waals surface area contributed by atoms with Gasteiger partial charge in [-0.25, -0.2) is 4.39 Å². The molecule has 0 saturated carbocycles. The summed E-state index contributed by atoms with van der Waals surface area (Å²) in [5.41, 5.74) is 0.990. The second-order valence-corrected chi connectivity index (χ2v) is 6.15. The molecule has 1 amide bonds. The summed E-state index contributed by atoms with van der Waals surface area (Å²) in [5.74, 6) is 0.0853. The molecule has 3 rings (SSSR count). The SMILES string of the molecule is C[C@H](c1cccc(F)c1)N1CCN(C(=O)[C@H]2CCOC2)CC1. The van der Waals surface area contributed by atoms with Gasteiger partial charge in [-0.05, 0) is 31.0 Å². The number of carbonyl (C=O) groups is 1. The van der Waals surface area contributed by atoms with Crippen molar-refractivity contribution in [1.29, 1.82) is 0 Å². The monoisotopic (exact) mass is 306 g/mol. The molecule has 5 heteroatoms. The molecule has 120 valence electrons. The van der Waals surface area contributed by atoms with Crippen molar-refractivity contribution in [3.05, 3.63) is 35.6 Å². The normalized spacial score (nSPS) is 24.5. The number of hydrogen-bond acceptors (Lipinski definition) is 3. The number of halogens is 1. The Labute approximate surface area is 130 Å². The minimum absolute atomic E-state index is 0.0483. The van der Waals surface area contributed by atoms with E-state index in [0.717, 1.165) is 38.2 Å². The average Bonchev–Trinajstić information content (AvgIpc) is 3.08. The molecule has 2 fully saturated rings. The van der Waals surface area contributed by atoms with Crippen molar-refractivity contribution in [2.75, 3.05) is 39.4 Å². The third-order valence-electron chi connectivity index (χ3n) is 4.78. The van der Waals surface area contributed by atoms with Crippen LogP contribution in [-0.2, 0) is 9.53 Å². The van der Waals surface area contributed by atoms with Gasteiger partial charge in [-0.2, -0.15) is 0 Å². The van der Waals surface area contributed by atoms with Gasteiger partial charge in [-0.3, -0.25) is 9.69 Å². The lowest BCUT2D eigenvalue weighted by molar-refractivity contribution is -0.137. The van der Waals surface area contributed by atoms with Gasteiger partial charge in [0.1, 0.15) is 5.82 Å². The molecule has 0 spiro atoms. The Morgan fingerprint density at radius 1 is 1.32 bits per heavy atom. The Morgan fingerprint density at radius 2 is 2.09 bits per heavy atom. The Hall–Kier alpha value is -1.46. The van der Waals surface area contributed by atoms with Crippen molar-refractivity contribution in [2.45, 2.75) is 19.4 Å². The molecule has 1 aromatic carbocycles. The van der Waals surface area contributed by atoms with Gasteiger partial charge in [0.15, 0.2) is 0 Å². The van der Waals surface area contributed by atoms with Gasteiger partial charge in [0.25, 0.3) is 0 Å². The molecule has 1 aromatic rings. The van der Waals surface area contributed by atoms with E-state index < -0.39 is 0 Å². The molecule has 0 N–H and O–H groups in total. The maximum atomic E-state index is 13.4. The predicted octanol–water partition coefficient (Wildman–Crippen LogP) is 2.07. The second-order valence-electron chi connectivity index (χ2n) is 6.15. The van der Waals surface area contributed by atoms with Crippen molar-refractivity contribution in [3.63, 3.8) is 0 Å². The zero-order valence-electron chi connectivity index (χ0n) is 13.0. The molecule has 2 aliphatic rings. The first kappa shape index (κ1) is 15.4. The van der Waals surface area contributed by atoms with Crippen molar-refractivity contribution >= 4 is 5.91 Å². The van der Waals surface area contributed by atoms with Crippen LogP contribution in [0, 0.1) is 11.7 Å². The number of benzene rings is 1. The number of hydrogen-bond donors (Lipinski definition) is 0. The molecular formula is C17H23FN2O2. The molecule has 2 aliphatic heterocycles. The molecule has 0 radical (unpaired) electrons. The van der Waals surface area contributed by atoms with Crippen molar-refractivity contribution < 1.29 is 13.9 Å². The van der Waals surface area contributed by atoms with Gasteiger partial charge in [-0.1, -0.05) is 12.1 Å². The Bertz CT molecular complexity index is 523. The highest BCUT2D eigenvalue weighted by Gasteiger charge is 2.31. The van der Waals surface area contributed by atoms with Gasteiger partial charge < -0.3 is 9.64 Å². The lowest BCUT2D eigenvalue weighted by Crippen LogP contribution is -2.50. The lowest BCUT2D eigenvalue weighted by atomic mass is 10.0. The van der Waals surface area contributed by atoms with Crippen LogP contribution < -0.4 is 0 Å². The van der Waals surface area contributed by atoms with Crippen LogP contribution in [0.25, 0.3) is 0 Å². The van der Waals surface area contributed by atoms with Crippen molar-refractivity contribution in [3.8, 4) is 0 Å². The fourth-order valence-corrected chi connectivity index (χ4v) is 3.29. The summed E-state index contributed by atoms with van der Waals surface area (Å²) in [6.45, 7) is 6.51. The summed E-state index contributed by atoms with van der Waals surface area (Å²) in [4.78, 5) is 16.6. The third-order valence-corrected chi connectivity index (χ3v) is 4.78. The van der Waals surface area contributed by atoms with Gasteiger partial charge in [0.05, 0.1) is 12.5 Å². The van der Waals surface area contributed by atoms with E-state index in [2.05, 4.69) is 11.8 Å². The number of amides is 1. The van der Waals surface area contributed by atoms with E-state index in [4.69, 9.17) is 4.74 Å². The maximum Gasteiger partial charge on any atom is 0.228 e. The van der Waals surface area contributed by atoms with E-state index in [-0.39, 0.29) is 23.7 Å². The zero-order chi connectivity index (χ0) is 15.5. The molecular weight excluding hydrogens is 283 g/mol. The number of piperazine rings is 1.